The molecular weight excluding hydrogens is 592 g/mol. The van der Waals surface area contributed by atoms with Gasteiger partial charge in [-0.15, -0.1) is 0 Å². The Labute approximate surface area is 265 Å². The summed E-state index contributed by atoms with van der Waals surface area (Å²) in [5, 5.41) is 13.0. The minimum absolute atomic E-state index is 0.0593. The summed E-state index contributed by atoms with van der Waals surface area (Å²) in [6, 6.07) is 17.2. The predicted molar refractivity (Wildman–Crippen MR) is 165 cm³/mol. The molecule has 3 aromatic carbocycles. The fraction of sp³-hybridized carbons (Fsp3) is 0.343. The molecule has 1 saturated heterocycles. The zero-order valence-electron chi connectivity index (χ0n) is 25.2. The second-order valence-electron chi connectivity index (χ2n) is 12.0. The van der Waals surface area contributed by atoms with Gasteiger partial charge in [0.2, 0.25) is 17.5 Å². The maximum atomic E-state index is 13.8. The van der Waals surface area contributed by atoms with Crippen LogP contribution in [0.25, 0.3) is 0 Å². The lowest BCUT2D eigenvalue weighted by Gasteiger charge is -2.24. The van der Waals surface area contributed by atoms with Crippen LogP contribution >= 0.6 is 0 Å². The summed E-state index contributed by atoms with van der Waals surface area (Å²) in [5.41, 5.74) is 3.77. The van der Waals surface area contributed by atoms with E-state index in [1.165, 1.54) is 11.1 Å². The van der Waals surface area contributed by atoms with Crippen LogP contribution < -0.4 is 16.0 Å². The molecule has 0 unspecified atom stereocenters. The average Bonchev–Trinajstić information content (AvgIpc) is 3.71. The van der Waals surface area contributed by atoms with Crippen molar-refractivity contribution in [2.45, 2.75) is 57.0 Å². The van der Waals surface area contributed by atoms with E-state index in [0.29, 0.717) is 24.3 Å². The van der Waals surface area contributed by atoms with Gasteiger partial charge in [0.1, 0.15) is 0 Å². The van der Waals surface area contributed by atoms with Crippen molar-refractivity contribution >= 4 is 17.6 Å². The van der Waals surface area contributed by atoms with Crippen molar-refractivity contribution in [2.75, 3.05) is 13.1 Å². The predicted octanol–water partition coefficient (Wildman–Crippen LogP) is 4.60. The molecule has 0 saturated carbocycles. The van der Waals surface area contributed by atoms with Gasteiger partial charge < -0.3 is 20.5 Å². The lowest BCUT2D eigenvalue weighted by Crippen LogP contribution is -2.42. The quantitative estimate of drug-likeness (QED) is 0.208. The third kappa shape index (κ3) is 7.54. The van der Waals surface area contributed by atoms with Crippen LogP contribution in [0.1, 0.15) is 79.6 Å². The fourth-order valence-corrected chi connectivity index (χ4v) is 6.18. The third-order valence-corrected chi connectivity index (χ3v) is 8.77. The van der Waals surface area contributed by atoms with E-state index in [4.69, 9.17) is 4.52 Å². The Hall–Kier alpha value is -4.77. The zero-order valence-corrected chi connectivity index (χ0v) is 25.2. The summed E-state index contributed by atoms with van der Waals surface area (Å²) < 4.78 is 32.6. The van der Waals surface area contributed by atoms with Gasteiger partial charge in [-0.05, 0) is 105 Å². The molecule has 1 aromatic heterocycles. The lowest BCUT2D eigenvalue weighted by molar-refractivity contribution is 0.0839. The first kappa shape index (κ1) is 31.2. The molecule has 9 nitrogen and oxygen atoms in total. The molecule has 1 fully saturated rings. The van der Waals surface area contributed by atoms with E-state index in [1.807, 2.05) is 12.1 Å². The van der Waals surface area contributed by atoms with Gasteiger partial charge in [0, 0.05) is 17.2 Å². The number of rotatable bonds is 11. The van der Waals surface area contributed by atoms with Crippen molar-refractivity contribution in [1.82, 2.24) is 26.1 Å². The van der Waals surface area contributed by atoms with Crippen molar-refractivity contribution in [1.29, 1.82) is 0 Å². The van der Waals surface area contributed by atoms with Crippen molar-refractivity contribution in [3.8, 4) is 0 Å². The summed E-state index contributed by atoms with van der Waals surface area (Å²) >= 11 is 0. The number of Topliss-reactive ketones (excluding diaryl/α,β-unsaturated/α-hetero) is 1. The third-order valence-electron chi connectivity index (χ3n) is 8.77. The Bertz CT molecular complexity index is 1690. The highest BCUT2D eigenvalue weighted by Gasteiger charge is 2.29. The van der Waals surface area contributed by atoms with Gasteiger partial charge in [0.15, 0.2) is 11.6 Å². The number of hydrogen-bond acceptors (Lipinski definition) is 7. The molecule has 0 bridgehead atoms. The molecule has 4 aromatic rings. The first-order valence-electron chi connectivity index (χ1n) is 15.6. The van der Waals surface area contributed by atoms with Crippen LogP contribution in [0.4, 0.5) is 8.78 Å². The van der Waals surface area contributed by atoms with Crippen molar-refractivity contribution < 1.29 is 27.7 Å². The van der Waals surface area contributed by atoms with Gasteiger partial charge in [0.25, 0.3) is 11.8 Å². The van der Waals surface area contributed by atoms with Crippen LogP contribution in [0.3, 0.4) is 0 Å². The lowest BCUT2D eigenvalue weighted by atomic mass is 9.90. The number of nitrogens with zero attached hydrogens (tertiary/aromatic N) is 2. The standard InChI is InChI=1S/C35H35F2N5O4/c36-28-11-10-26(20-29(28)37)35(45)40-30(12-7-21-13-15-38-16-14-21)32(43)33-41-31(46-42-33)17-22-5-8-23(9-6-22)34(44)39-27-18-24-3-1-2-4-25(24)19-27/h1-6,8-11,20-21,27,30,38H,7,12-19H2,(H,39,44)(H,40,45)/t30-/m0/s1. The minimum atomic E-state index is -1.15. The molecule has 3 N–H and O–H groups in total. The van der Waals surface area contributed by atoms with E-state index in [1.54, 1.807) is 24.3 Å². The van der Waals surface area contributed by atoms with Crippen LogP contribution in [0.15, 0.2) is 71.3 Å². The molecule has 1 atom stereocenters. The van der Waals surface area contributed by atoms with Crippen molar-refractivity contribution in [2.24, 2.45) is 5.92 Å². The largest absolute Gasteiger partial charge is 0.349 e. The van der Waals surface area contributed by atoms with Crippen LogP contribution in [-0.2, 0) is 19.3 Å². The Morgan fingerprint density at radius 2 is 1.59 bits per heavy atom. The molecule has 2 amide bonds. The maximum absolute atomic E-state index is 13.8. The topological polar surface area (TPSA) is 126 Å². The number of carbonyl (C=O) groups excluding carboxylic acids is 3. The Balaban J connectivity index is 1.08. The molecule has 238 valence electrons. The SMILES string of the molecule is O=C(NC1Cc2ccccc2C1)c1ccc(Cc2nc(C(=O)[C@H](CCC3CCNCC3)NC(=O)c3ccc(F)c(F)c3)no2)cc1. The van der Waals surface area contributed by atoms with E-state index in [2.05, 4.69) is 38.2 Å². The molecule has 0 radical (unpaired) electrons. The summed E-state index contributed by atoms with van der Waals surface area (Å²) in [7, 11) is 0. The molecule has 1 aliphatic heterocycles. The van der Waals surface area contributed by atoms with Gasteiger partial charge in [-0.2, -0.15) is 4.98 Å². The number of carbonyl (C=O) groups is 3. The van der Waals surface area contributed by atoms with E-state index in [0.717, 1.165) is 62.5 Å². The van der Waals surface area contributed by atoms with E-state index >= 15 is 0 Å². The smallest absolute Gasteiger partial charge is 0.251 e. The van der Waals surface area contributed by atoms with Crippen LogP contribution in [0, 0.1) is 17.6 Å². The highest BCUT2D eigenvalue weighted by Crippen LogP contribution is 2.23. The number of halogens is 2. The summed E-state index contributed by atoms with van der Waals surface area (Å²) in [6.45, 7) is 1.78. The highest BCUT2D eigenvalue weighted by atomic mass is 19.2. The van der Waals surface area contributed by atoms with E-state index in [-0.39, 0.29) is 35.6 Å². The molecule has 2 aliphatic rings. The number of benzene rings is 3. The maximum Gasteiger partial charge on any atom is 0.251 e. The molecule has 11 heteroatoms. The normalized spacial score (nSPS) is 15.7. The molecular formula is C35H35F2N5O4. The van der Waals surface area contributed by atoms with Gasteiger partial charge in [-0.25, -0.2) is 8.78 Å². The van der Waals surface area contributed by atoms with Gasteiger partial charge >= 0.3 is 0 Å². The highest BCUT2D eigenvalue weighted by molar-refractivity contribution is 6.02. The number of ketones is 1. The summed E-state index contributed by atoms with van der Waals surface area (Å²) in [5.74, 6) is -3.18. The molecule has 2 heterocycles. The van der Waals surface area contributed by atoms with E-state index < -0.39 is 29.4 Å². The van der Waals surface area contributed by atoms with Gasteiger partial charge in [-0.1, -0.05) is 41.6 Å². The second kappa shape index (κ2) is 14.1. The average molecular weight is 628 g/mol. The Morgan fingerprint density at radius 1 is 0.891 bits per heavy atom. The molecule has 6 rings (SSSR count). The molecule has 1 aliphatic carbocycles. The summed E-state index contributed by atoms with van der Waals surface area (Å²) in [6.07, 6.45) is 4.80. The van der Waals surface area contributed by atoms with Gasteiger partial charge in [-0.3, -0.25) is 14.4 Å². The monoisotopic (exact) mass is 627 g/mol. The summed E-state index contributed by atoms with van der Waals surface area (Å²) in [4.78, 5) is 43.6. The number of nitrogens with one attached hydrogen (secondary N) is 3. The molecule has 46 heavy (non-hydrogen) atoms. The fourth-order valence-electron chi connectivity index (χ4n) is 6.18. The minimum Gasteiger partial charge on any atom is -0.349 e. The number of amides is 2. The number of piperidine rings is 1. The van der Waals surface area contributed by atoms with Crippen LogP contribution in [0.2, 0.25) is 0 Å². The number of hydrogen-bond donors (Lipinski definition) is 3. The number of fused-ring (bicyclic) bond motifs is 1. The van der Waals surface area contributed by atoms with Crippen LogP contribution in [-0.4, -0.2) is 52.9 Å². The second-order valence-corrected chi connectivity index (χ2v) is 12.0. The Morgan fingerprint density at radius 3 is 2.28 bits per heavy atom. The first-order chi connectivity index (χ1) is 22.3. The molecule has 0 spiro atoms. The number of aromatic nitrogens is 2. The van der Waals surface area contributed by atoms with Crippen LogP contribution in [0.5, 0.6) is 0 Å². The van der Waals surface area contributed by atoms with E-state index in [9.17, 15) is 23.2 Å². The Kier molecular flexibility index (Phi) is 9.58. The van der Waals surface area contributed by atoms with Crippen molar-refractivity contribution in [3.05, 3.63) is 118 Å². The zero-order chi connectivity index (χ0) is 32.0. The van der Waals surface area contributed by atoms with Crippen molar-refractivity contribution in [3.63, 3.8) is 0 Å². The van der Waals surface area contributed by atoms with Gasteiger partial charge in [0.05, 0.1) is 12.5 Å². The first-order valence-corrected chi connectivity index (χ1v) is 15.6.